The van der Waals surface area contributed by atoms with E-state index in [0.29, 0.717) is 46.9 Å². The highest BCUT2D eigenvalue weighted by Crippen LogP contribution is 2.23. The summed E-state index contributed by atoms with van der Waals surface area (Å²) < 4.78 is 8.94. The molecule has 0 bridgehead atoms. The first-order valence-electron chi connectivity index (χ1n) is 8.04. The van der Waals surface area contributed by atoms with Gasteiger partial charge in [0.15, 0.2) is 5.16 Å². The maximum atomic E-state index is 12.9. The van der Waals surface area contributed by atoms with Gasteiger partial charge >= 0.3 is 0 Å². The fourth-order valence-corrected chi connectivity index (χ4v) is 3.50. The predicted octanol–water partition coefficient (Wildman–Crippen LogP) is 3.32. The first kappa shape index (κ1) is 18.0. The maximum absolute atomic E-state index is 12.9. The largest absolute Gasteiger partial charge is 0.382 e. The molecule has 0 saturated carbocycles. The van der Waals surface area contributed by atoms with Crippen LogP contribution < -0.4 is 5.56 Å². The lowest BCUT2D eigenvalue weighted by molar-refractivity contribution is 0.141. The molecular formula is C17H19ClN4O2S. The van der Waals surface area contributed by atoms with Gasteiger partial charge in [0.05, 0.1) is 10.9 Å². The number of rotatable bonds is 8. The minimum Gasteiger partial charge on any atom is -0.382 e. The summed E-state index contributed by atoms with van der Waals surface area (Å²) in [5.41, 5.74) is 0.724. The molecule has 2 heterocycles. The molecule has 0 aliphatic carbocycles. The Kier molecular flexibility index (Phi) is 5.78. The van der Waals surface area contributed by atoms with Crippen LogP contribution in [0.5, 0.6) is 0 Å². The molecule has 132 valence electrons. The van der Waals surface area contributed by atoms with Gasteiger partial charge in [-0.1, -0.05) is 42.1 Å². The highest BCUT2D eigenvalue weighted by Gasteiger charge is 2.16. The van der Waals surface area contributed by atoms with Gasteiger partial charge in [-0.25, -0.2) is 0 Å². The molecule has 0 N–H and O–H groups in total. The number of hydrogen-bond donors (Lipinski definition) is 0. The molecule has 0 radical (unpaired) electrons. The van der Waals surface area contributed by atoms with Gasteiger partial charge < -0.3 is 4.74 Å². The molecule has 2 aromatic heterocycles. The molecular weight excluding hydrogens is 360 g/mol. The summed E-state index contributed by atoms with van der Waals surface area (Å²) in [4.78, 5) is 12.9. The third kappa shape index (κ3) is 3.73. The lowest BCUT2D eigenvalue weighted by Crippen LogP contribution is -2.24. The zero-order chi connectivity index (χ0) is 17.8. The first-order valence-corrected chi connectivity index (χ1v) is 9.40. The van der Waals surface area contributed by atoms with Crippen LogP contribution in [-0.4, -0.2) is 38.1 Å². The molecule has 1 aromatic carbocycles. The summed E-state index contributed by atoms with van der Waals surface area (Å²) in [6, 6.07) is 7.48. The lowest BCUT2D eigenvalue weighted by atomic mass is 10.2. The maximum Gasteiger partial charge on any atom is 0.262 e. The van der Waals surface area contributed by atoms with Crippen LogP contribution in [0.4, 0.5) is 0 Å². The van der Waals surface area contributed by atoms with Crippen molar-refractivity contribution in [3.8, 4) is 0 Å². The Morgan fingerprint density at radius 3 is 2.92 bits per heavy atom. The number of hydrogen-bond acceptors (Lipinski definition) is 5. The molecule has 3 aromatic rings. The van der Waals surface area contributed by atoms with Crippen molar-refractivity contribution >= 4 is 40.0 Å². The second kappa shape index (κ2) is 8.03. The Bertz CT molecular complexity index is 966. The van der Waals surface area contributed by atoms with Crippen molar-refractivity contribution in [2.45, 2.75) is 25.0 Å². The van der Waals surface area contributed by atoms with E-state index in [-0.39, 0.29) is 5.56 Å². The van der Waals surface area contributed by atoms with E-state index >= 15 is 0 Å². The van der Waals surface area contributed by atoms with Gasteiger partial charge in [-0.3, -0.25) is 13.8 Å². The van der Waals surface area contributed by atoms with E-state index in [2.05, 4.69) is 16.8 Å². The predicted molar refractivity (Wildman–Crippen MR) is 102 cm³/mol. The molecule has 8 heteroatoms. The summed E-state index contributed by atoms with van der Waals surface area (Å²) in [5, 5.41) is 10.4. The standard InChI is InChI=1S/C17H19ClN4O2S/c1-3-24-10-6-9-21-15(23)13-7-4-5-8-14(13)22-16(21)19-20-17(22)25-11-12(2)18/h4-5,7-8H,2-3,6,9-11H2,1H3. The number of fused-ring (bicyclic) bond motifs is 3. The average Bonchev–Trinajstić information content (AvgIpc) is 3.03. The number of benzene rings is 1. The van der Waals surface area contributed by atoms with Gasteiger partial charge in [0, 0.05) is 30.5 Å². The molecule has 6 nitrogen and oxygen atoms in total. The summed E-state index contributed by atoms with van der Waals surface area (Å²) >= 11 is 7.32. The molecule has 25 heavy (non-hydrogen) atoms. The third-order valence-corrected chi connectivity index (χ3v) is 5.02. The van der Waals surface area contributed by atoms with Crippen molar-refractivity contribution in [3.05, 3.63) is 46.2 Å². The zero-order valence-corrected chi connectivity index (χ0v) is 15.5. The van der Waals surface area contributed by atoms with E-state index in [1.165, 1.54) is 11.8 Å². The van der Waals surface area contributed by atoms with Crippen molar-refractivity contribution in [2.75, 3.05) is 19.0 Å². The minimum atomic E-state index is -0.0645. The Balaban J connectivity index is 2.12. The Morgan fingerprint density at radius 1 is 1.36 bits per heavy atom. The molecule has 0 spiro atoms. The monoisotopic (exact) mass is 378 g/mol. The Labute approximate surface area is 154 Å². The van der Waals surface area contributed by atoms with E-state index in [1.807, 2.05) is 35.6 Å². The van der Waals surface area contributed by atoms with Crippen LogP contribution in [0.25, 0.3) is 16.7 Å². The van der Waals surface area contributed by atoms with E-state index in [0.717, 1.165) is 11.9 Å². The number of nitrogens with zero attached hydrogens (tertiary/aromatic N) is 4. The smallest absolute Gasteiger partial charge is 0.262 e. The molecule has 0 unspecified atom stereocenters. The van der Waals surface area contributed by atoms with Gasteiger partial charge in [0.1, 0.15) is 0 Å². The number of ether oxygens (including phenoxy) is 1. The highest BCUT2D eigenvalue weighted by atomic mass is 35.5. The third-order valence-electron chi connectivity index (χ3n) is 3.71. The van der Waals surface area contributed by atoms with Gasteiger partial charge in [-0.2, -0.15) is 0 Å². The van der Waals surface area contributed by atoms with E-state index in [9.17, 15) is 4.79 Å². The molecule has 3 rings (SSSR count). The molecule has 0 aliphatic rings. The topological polar surface area (TPSA) is 61.4 Å². The van der Waals surface area contributed by atoms with Crippen LogP contribution in [0.3, 0.4) is 0 Å². The number of halogens is 1. The van der Waals surface area contributed by atoms with Crippen LogP contribution >= 0.6 is 23.4 Å². The van der Waals surface area contributed by atoms with Gasteiger partial charge in [-0.05, 0) is 25.5 Å². The molecule has 0 atom stereocenters. The minimum absolute atomic E-state index is 0.0645. The van der Waals surface area contributed by atoms with Crippen LogP contribution in [0.2, 0.25) is 0 Å². The Morgan fingerprint density at radius 2 is 2.16 bits per heavy atom. The number of thioether (sulfide) groups is 1. The highest BCUT2D eigenvalue weighted by molar-refractivity contribution is 7.99. The van der Waals surface area contributed by atoms with Crippen molar-refractivity contribution in [1.82, 2.24) is 19.2 Å². The molecule has 0 saturated heterocycles. The Hall–Kier alpha value is -1.83. The van der Waals surface area contributed by atoms with E-state index < -0.39 is 0 Å². The summed E-state index contributed by atoms with van der Waals surface area (Å²) in [7, 11) is 0. The number of para-hydroxylation sites is 1. The number of aromatic nitrogens is 4. The summed E-state index contributed by atoms with van der Waals surface area (Å²) in [6.45, 7) is 7.45. The van der Waals surface area contributed by atoms with Gasteiger partial charge in [0.2, 0.25) is 5.78 Å². The fourth-order valence-electron chi connectivity index (χ4n) is 2.64. The van der Waals surface area contributed by atoms with E-state index in [1.54, 1.807) is 4.57 Å². The van der Waals surface area contributed by atoms with Crippen LogP contribution in [0.1, 0.15) is 13.3 Å². The zero-order valence-electron chi connectivity index (χ0n) is 13.9. The SMILES string of the molecule is C=C(Cl)CSc1nnc2n(CCCOCC)c(=O)c3ccccc3n12. The van der Waals surface area contributed by atoms with Crippen molar-refractivity contribution in [1.29, 1.82) is 0 Å². The normalized spacial score (nSPS) is 11.4. The van der Waals surface area contributed by atoms with Gasteiger partial charge in [0.25, 0.3) is 5.56 Å². The van der Waals surface area contributed by atoms with Crippen LogP contribution in [0, 0.1) is 0 Å². The van der Waals surface area contributed by atoms with Crippen LogP contribution in [-0.2, 0) is 11.3 Å². The fraction of sp³-hybridized carbons (Fsp3) is 0.353. The average molecular weight is 379 g/mol. The second-order valence-electron chi connectivity index (χ2n) is 5.45. The van der Waals surface area contributed by atoms with Crippen molar-refractivity contribution < 1.29 is 4.74 Å². The first-order chi connectivity index (χ1) is 12.1. The molecule has 0 aliphatic heterocycles. The quantitative estimate of drug-likeness (QED) is 0.444. The van der Waals surface area contributed by atoms with Gasteiger partial charge in [-0.15, -0.1) is 10.2 Å². The summed E-state index contributed by atoms with van der Waals surface area (Å²) in [6.07, 6.45) is 0.732. The van der Waals surface area contributed by atoms with Crippen molar-refractivity contribution in [2.24, 2.45) is 0 Å². The lowest BCUT2D eigenvalue weighted by Gasteiger charge is -2.11. The summed E-state index contributed by atoms with van der Waals surface area (Å²) in [5.74, 6) is 1.06. The van der Waals surface area contributed by atoms with Crippen molar-refractivity contribution in [3.63, 3.8) is 0 Å². The molecule has 0 fully saturated rings. The van der Waals surface area contributed by atoms with E-state index in [4.69, 9.17) is 16.3 Å². The van der Waals surface area contributed by atoms with Crippen LogP contribution in [0.15, 0.2) is 45.8 Å². The second-order valence-corrected chi connectivity index (χ2v) is 6.93. The number of aryl methyl sites for hydroxylation is 1. The molecule has 0 amide bonds.